The molecule has 47 heavy (non-hydrogen) atoms. The molecule has 4 aromatic carbocycles. The highest BCUT2D eigenvalue weighted by Crippen LogP contribution is 2.35. The number of ether oxygens (including phenoxy) is 2. The van der Waals surface area contributed by atoms with Gasteiger partial charge in [-0.1, -0.05) is 121 Å². The maximum Gasteiger partial charge on any atom is 0.338 e. The molecule has 0 N–H and O–H groups in total. The van der Waals surface area contributed by atoms with E-state index < -0.39 is 12.0 Å². The first-order valence-corrected chi connectivity index (χ1v) is 16.9. The minimum absolute atomic E-state index is 0.195. The van der Waals surface area contributed by atoms with Crippen molar-refractivity contribution in [2.75, 3.05) is 6.61 Å². The average molecular weight is 684 g/mol. The quantitative estimate of drug-likeness (QED) is 0.148. The van der Waals surface area contributed by atoms with Crippen molar-refractivity contribution in [1.29, 1.82) is 0 Å². The zero-order valence-corrected chi connectivity index (χ0v) is 28.4. The predicted octanol–water partition coefficient (Wildman–Crippen LogP) is 7.94. The summed E-state index contributed by atoms with van der Waals surface area (Å²) in [6.07, 6.45) is 1.84. The Balaban J connectivity index is 1.42. The minimum Gasteiger partial charge on any atom is -0.489 e. The van der Waals surface area contributed by atoms with E-state index in [0.717, 1.165) is 27.8 Å². The van der Waals surface area contributed by atoms with Crippen molar-refractivity contribution >= 4 is 52.3 Å². The van der Waals surface area contributed by atoms with Crippen LogP contribution >= 0.6 is 34.5 Å². The van der Waals surface area contributed by atoms with Gasteiger partial charge in [0.1, 0.15) is 12.4 Å². The molecule has 0 radical (unpaired) electrons. The third-order valence-electron chi connectivity index (χ3n) is 7.86. The monoisotopic (exact) mass is 682 g/mol. The zero-order chi connectivity index (χ0) is 33.1. The molecule has 5 aromatic rings. The SMILES string of the molecule is CCOC(=O)C1=C(c2ccccc2)N=c2s/c(=C/c3ccc(OCc4ccc(Cl)c(Cl)c4)cc3)c(=O)n2[C@@H]1c1ccc(C(C)C)cc1. The number of thiazole rings is 1. The molecule has 0 unspecified atom stereocenters. The first-order valence-electron chi connectivity index (χ1n) is 15.3. The van der Waals surface area contributed by atoms with Crippen LogP contribution in [0.5, 0.6) is 5.75 Å². The number of rotatable bonds is 9. The summed E-state index contributed by atoms with van der Waals surface area (Å²) in [7, 11) is 0. The lowest BCUT2D eigenvalue weighted by molar-refractivity contribution is -0.138. The van der Waals surface area contributed by atoms with E-state index in [0.29, 0.717) is 48.9 Å². The summed E-state index contributed by atoms with van der Waals surface area (Å²) in [6, 6.07) is 29.8. The molecule has 0 fully saturated rings. The normalized spacial score (nSPS) is 14.6. The summed E-state index contributed by atoms with van der Waals surface area (Å²) in [5.74, 6) is 0.503. The van der Waals surface area contributed by atoms with E-state index in [2.05, 4.69) is 13.8 Å². The van der Waals surface area contributed by atoms with E-state index in [4.69, 9.17) is 37.7 Å². The second-order valence-electron chi connectivity index (χ2n) is 11.4. The highest BCUT2D eigenvalue weighted by Gasteiger charge is 2.35. The Labute approximate surface area is 286 Å². The van der Waals surface area contributed by atoms with E-state index >= 15 is 0 Å². The number of halogens is 2. The number of carbonyl (C=O) groups excluding carboxylic acids is 1. The van der Waals surface area contributed by atoms with Gasteiger partial charge in [0.15, 0.2) is 4.80 Å². The average Bonchev–Trinajstić information content (AvgIpc) is 3.39. The summed E-state index contributed by atoms with van der Waals surface area (Å²) in [5.41, 5.74) is 5.05. The van der Waals surface area contributed by atoms with Crippen molar-refractivity contribution in [3.05, 3.63) is 160 Å². The fourth-order valence-corrected chi connectivity index (χ4v) is 6.75. The van der Waals surface area contributed by atoms with Crippen molar-refractivity contribution in [2.45, 2.75) is 39.3 Å². The molecule has 6 rings (SSSR count). The number of carbonyl (C=O) groups is 1. The molecule has 0 spiro atoms. The maximum atomic E-state index is 14.2. The van der Waals surface area contributed by atoms with E-state index in [-0.39, 0.29) is 12.2 Å². The molecule has 238 valence electrons. The molecule has 0 amide bonds. The van der Waals surface area contributed by atoms with Crippen LogP contribution in [0, 0.1) is 0 Å². The molecule has 1 aromatic heterocycles. The fourth-order valence-electron chi connectivity index (χ4n) is 5.43. The summed E-state index contributed by atoms with van der Waals surface area (Å²) in [5, 5.41) is 0.971. The van der Waals surface area contributed by atoms with Crippen molar-refractivity contribution in [3.8, 4) is 5.75 Å². The molecular weight excluding hydrogens is 651 g/mol. The largest absolute Gasteiger partial charge is 0.489 e. The van der Waals surface area contributed by atoms with Crippen LogP contribution < -0.4 is 19.6 Å². The van der Waals surface area contributed by atoms with Crippen LogP contribution in [-0.4, -0.2) is 17.1 Å². The van der Waals surface area contributed by atoms with Gasteiger partial charge in [0, 0.05) is 5.56 Å². The van der Waals surface area contributed by atoms with Gasteiger partial charge in [0.25, 0.3) is 5.56 Å². The third kappa shape index (κ3) is 6.98. The molecular formula is C38H32Cl2N2O4S. The smallest absolute Gasteiger partial charge is 0.338 e. The fraction of sp³-hybridized carbons (Fsp3) is 0.184. The molecule has 6 nitrogen and oxygen atoms in total. The number of fused-ring (bicyclic) bond motifs is 1. The lowest BCUT2D eigenvalue weighted by Crippen LogP contribution is -2.40. The highest BCUT2D eigenvalue weighted by molar-refractivity contribution is 7.07. The number of hydrogen-bond acceptors (Lipinski definition) is 6. The second-order valence-corrected chi connectivity index (χ2v) is 13.2. The molecule has 0 saturated heterocycles. The van der Waals surface area contributed by atoms with Gasteiger partial charge < -0.3 is 9.47 Å². The van der Waals surface area contributed by atoms with Gasteiger partial charge in [0.2, 0.25) is 0 Å². The van der Waals surface area contributed by atoms with E-state index in [1.165, 1.54) is 11.3 Å². The summed E-state index contributed by atoms with van der Waals surface area (Å²) >= 11 is 13.4. The van der Waals surface area contributed by atoms with E-state index in [1.807, 2.05) is 91.0 Å². The van der Waals surface area contributed by atoms with Crippen LogP contribution in [0.15, 0.2) is 112 Å². The predicted molar refractivity (Wildman–Crippen MR) is 189 cm³/mol. The summed E-state index contributed by atoms with van der Waals surface area (Å²) in [4.78, 5) is 33.3. The zero-order valence-electron chi connectivity index (χ0n) is 26.1. The standard InChI is InChI=1S/C38H32Cl2N2O4S/c1-4-45-37(44)33-34(27-8-6-5-7-9-27)41-38-42(35(33)28-15-13-26(14-16-28)23(2)3)36(43)32(47-38)21-24-10-17-29(18-11-24)46-22-25-12-19-30(39)31(40)20-25/h5-21,23,35H,4,22H2,1-3H3/b32-21+/t35-/m1/s1. The Morgan fingerprint density at radius 2 is 1.68 bits per heavy atom. The van der Waals surface area contributed by atoms with Gasteiger partial charge in [0.05, 0.1) is 38.5 Å². The molecule has 9 heteroatoms. The number of hydrogen-bond donors (Lipinski definition) is 0. The second kappa shape index (κ2) is 14.1. The Morgan fingerprint density at radius 1 is 0.957 bits per heavy atom. The number of benzene rings is 4. The summed E-state index contributed by atoms with van der Waals surface area (Å²) < 4.78 is 13.6. The molecule has 1 aliphatic rings. The van der Waals surface area contributed by atoms with Crippen LogP contribution in [0.1, 0.15) is 60.5 Å². The first-order chi connectivity index (χ1) is 22.7. The molecule has 0 saturated carbocycles. The first kappa shape index (κ1) is 32.5. The van der Waals surface area contributed by atoms with Crippen LogP contribution in [0.4, 0.5) is 0 Å². The van der Waals surface area contributed by atoms with Crippen molar-refractivity contribution in [1.82, 2.24) is 4.57 Å². The van der Waals surface area contributed by atoms with Gasteiger partial charge in [-0.25, -0.2) is 9.79 Å². The van der Waals surface area contributed by atoms with Crippen molar-refractivity contribution in [2.24, 2.45) is 4.99 Å². The van der Waals surface area contributed by atoms with Crippen LogP contribution in [0.3, 0.4) is 0 Å². The van der Waals surface area contributed by atoms with Gasteiger partial charge in [-0.15, -0.1) is 0 Å². The number of aromatic nitrogens is 1. The van der Waals surface area contributed by atoms with Gasteiger partial charge >= 0.3 is 5.97 Å². The molecule has 2 heterocycles. The van der Waals surface area contributed by atoms with Gasteiger partial charge in [-0.2, -0.15) is 0 Å². The van der Waals surface area contributed by atoms with E-state index in [1.54, 1.807) is 23.6 Å². The lowest BCUT2D eigenvalue weighted by atomic mass is 9.91. The van der Waals surface area contributed by atoms with Crippen molar-refractivity contribution in [3.63, 3.8) is 0 Å². The third-order valence-corrected chi connectivity index (χ3v) is 9.58. The van der Waals surface area contributed by atoms with Crippen LogP contribution in [0.25, 0.3) is 11.8 Å². The Hall–Kier alpha value is -4.43. The van der Waals surface area contributed by atoms with Crippen LogP contribution in [0.2, 0.25) is 10.0 Å². The van der Waals surface area contributed by atoms with Gasteiger partial charge in [-0.3, -0.25) is 9.36 Å². The van der Waals surface area contributed by atoms with E-state index in [9.17, 15) is 9.59 Å². The van der Waals surface area contributed by atoms with Gasteiger partial charge in [-0.05, 0) is 65.4 Å². The summed E-state index contributed by atoms with van der Waals surface area (Å²) in [6.45, 7) is 6.56. The Bertz CT molecular complexity index is 2140. The van der Waals surface area contributed by atoms with Crippen molar-refractivity contribution < 1.29 is 14.3 Å². The molecule has 0 bridgehead atoms. The molecule has 1 aliphatic heterocycles. The molecule has 1 atom stereocenters. The topological polar surface area (TPSA) is 69.9 Å². The Morgan fingerprint density at radius 3 is 2.34 bits per heavy atom. The Kier molecular flexibility index (Phi) is 9.78. The highest BCUT2D eigenvalue weighted by atomic mass is 35.5. The van der Waals surface area contributed by atoms with Crippen LogP contribution in [-0.2, 0) is 16.1 Å². The maximum absolute atomic E-state index is 14.2. The number of nitrogens with zero attached hydrogens (tertiary/aromatic N) is 2. The minimum atomic E-state index is -0.721. The molecule has 0 aliphatic carbocycles. The lowest BCUT2D eigenvalue weighted by Gasteiger charge is -2.26. The number of esters is 1.